The highest BCUT2D eigenvalue weighted by Crippen LogP contribution is 2.26. The van der Waals surface area contributed by atoms with Crippen LogP contribution in [0.25, 0.3) is 0 Å². The molecule has 2 heteroatoms. The third-order valence-electron chi connectivity index (χ3n) is 5.26. The molecular weight excluding hydrogens is 320 g/mol. The summed E-state index contributed by atoms with van der Waals surface area (Å²) in [4.78, 5) is 12.1. The van der Waals surface area contributed by atoms with Crippen LogP contribution in [0.2, 0.25) is 0 Å². The third kappa shape index (κ3) is 15.7. The molecule has 0 saturated carbocycles. The summed E-state index contributed by atoms with van der Waals surface area (Å²) < 4.78 is 5.40. The Morgan fingerprint density at radius 3 is 1.50 bits per heavy atom. The average Bonchev–Trinajstić information content (AvgIpc) is 2.59. The van der Waals surface area contributed by atoms with Crippen molar-refractivity contribution in [1.82, 2.24) is 0 Å². The van der Waals surface area contributed by atoms with Crippen LogP contribution in [0.1, 0.15) is 131 Å². The summed E-state index contributed by atoms with van der Waals surface area (Å²) in [6.07, 6.45) is 20.2. The molecule has 26 heavy (non-hydrogen) atoms. The zero-order chi connectivity index (χ0) is 19.7. The van der Waals surface area contributed by atoms with Gasteiger partial charge in [-0.25, -0.2) is 0 Å². The standard InChI is InChI=1S/C24H48O2/c1-6-7-8-9-10-11-12-13-14-15-16-17-18-19-20-24(4,5)23(25)26-21-22(2)3/h22H,6-21H2,1-5H3. The summed E-state index contributed by atoms with van der Waals surface area (Å²) in [6.45, 7) is 11.0. The van der Waals surface area contributed by atoms with E-state index in [1.165, 1.54) is 83.5 Å². The van der Waals surface area contributed by atoms with Crippen molar-refractivity contribution in [2.75, 3.05) is 6.61 Å². The lowest BCUT2D eigenvalue weighted by Crippen LogP contribution is -2.27. The SMILES string of the molecule is CCCCCCCCCCCCCCCCC(C)(C)C(=O)OCC(C)C. The van der Waals surface area contributed by atoms with Gasteiger partial charge in [0, 0.05) is 0 Å². The third-order valence-corrected chi connectivity index (χ3v) is 5.26. The molecule has 0 heterocycles. The molecule has 0 fully saturated rings. The Morgan fingerprint density at radius 1 is 0.731 bits per heavy atom. The van der Waals surface area contributed by atoms with Gasteiger partial charge in [0.1, 0.15) is 0 Å². The number of carbonyl (C=O) groups excluding carboxylic acids is 1. The van der Waals surface area contributed by atoms with Gasteiger partial charge in [-0.1, -0.05) is 111 Å². The van der Waals surface area contributed by atoms with Crippen molar-refractivity contribution in [2.45, 2.75) is 131 Å². The number of hydrogen-bond donors (Lipinski definition) is 0. The zero-order valence-electron chi connectivity index (χ0n) is 18.7. The molecule has 0 bridgehead atoms. The quantitative estimate of drug-likeness (QED) is 0.180. The van der Waals surface area contributed by atoms with Crippen molar-refractivity contribution in [3.8, 4) is 0 Å². The second-order valence-corrected chi connectivity index (χ2v) is 9.22. The second kappa shape index (κ2) is 16.6. The maximum absolute atomic E-state index is 12.1. The van der Waals surface area contributed by atoms with E-state index in [1.54, 1.807) is 0 Å². The normalized spacial score (nSPS) is 11.9. The van der Waals surface area contributed by atoms with Gasteiger partial charge in [-0.15, -0.1) is 0 Å². The number of hydrogen-bond acceptors (Lipinski definition) is 2. The van der Waals surface area contributed by atoms with E-state index in [1.807, 2.05) is 13.8 Å². The molecule has 0 aromatic carbocycles. The Balaban J connectivity index is 3.40. The summed E-state index contributed by atoms with van der Waals surface area (Å²) in [6, 6.07) is 0. The minimum absolute atomic E-state index is 0.0269. The largest absolute Gasteiger partial charge is 0.465 e. The van der Waals surface area contributed by atoms with Crippen molar-refractivity contribution in [3.05, 3.63) is 0 Å². The van der Waals surface area contributed by atoms with Crippen molar-refractivity contribution in [1.29, 1.82) is 0 Å². The average molecular weight is 369 g/mol. The van der Waals surface area contributed by atoms with Crippen LogP contribution in [0.3, 0.4) is 0 Å². The molecule has 0 aromatic heterocycles. The van der Waals surface area contributed by atoms with Crippen molar-refractivity contribution < 1.29 is 9.53 Å². The Labute approximate surface area is 164 Å². The number of unbranched alkanes of at least 4 members (excludes halogenated alkanes) is 13. The summed E-state index contributed by atoms with van der Waals surface area (Å²) >= 11 is 0. The van der Waals surface area contributed by atoms with Crippen LogP contribution in [-0.2, 0) is 9.53 Å². The predicted octanol–water partition coefficient (Wildman–Crippen LogP) is 8.08. The first kappa shape index (κ1) is 25.5. The molecule has 0 aliphatic rings. The lowest BCUT2D eigenvalue weighted by atomic mass is 9.87. The van der Waals surface area contributed by atoms with E-state index >= 15 is 0 Å². The minimum atomic E-state index is -0.327. The number of esters is 1. The molecule has 0 unspecified atom stereocenters. The number of ether oxygens (including phenoxy) is 1. The monoisotopic (exact) mass is 368 g/mol. The van der Waals surface area contributed by atoms with E-state index in [4.69, 9.17) is 4.74 Å². The minimum Gasteiger partial charge on any atom is -0.465 e. The van der Waals surface area contributed by atoms with Gasteiger partial charge in [0.25, 0.3) is 0 Å². The van der Waals surface area contributed by atoms with Crippen LogP contribution in [0, 0.1) is 11.3 Å². The molecular formula is C24H48O2. The molecule has 0 amide bonds. The van der Waals surface area contributed by atoms with Gasteiger partial charge in [-0.2, -0.15) is 0 Å². The van der Waals surface area contributed by atoms with E-state index in [9.17, 15) is 4.79 Å². The van der Waals surface area contributed by atoms with Gasteiger partial charge in [0.05, 0.1) is 12.0 Å². The smallest absolute Gasteiger partial charge is 0.311 e. The van der Waals surface area contributed by atoms with Gasteiger partial charge >= 0.3 is 5.97 Å². The van der Waals surface area contributed by atoms with E-state index < -0.39 is 0 Å². The van der Waals surface area contributed by atoms with Crippen molar-refractivity contribution >= 4 is 5.97 Å². The fourth-order valence-corrected chi connectivity index (χ4v) is 3.30. The number of rotatable bonds is 18. The fraction of sp³-hybridized carbons (Fsp3) is 0.958. The van der Waals surface area contributed by atoms with Gasteiger partial charge in [-0.3, -0.25) is 4.79 Å². The van der Waals surface area contributed by atoms with E-state index in [2.05, 4.69) is 20.8 Å². The first-order valence-electron chi connectivity index (χ1n) is 11.6. The molecule has 0 aromatic rings. The van der Waals surface area contributed by atoms with Crippen LogP contribution < -0.4 is 0 Å². The van der Waals surface area contributed by atoms with Gasteiger partial charge < -0.3 is 4.74 Å². The Kier molecular flexibility index (Phi) is 16.3. The number of carbonyl (C=O) groups is 1. The highest BCUT2D eigenvalue weighted by molar-refractivity contribution is 5.75. The fourth-order valence-electron chi connectivity index (χ4n) is 3.30. The second-order valence-electron chi connectivity index (χ2n) is 9.22. The first-order chi connectivity index (χ1) is 12.4. The van der Waals surface area contributed by atoms with Gasteiger partial charge in [0.15, 0.2) is 0 Å². The maximum Gasteiger partial charge on any atom is 0.311 e. The molecule has 0 rings (SSSR count). The summed E-state index contributed by atoms with van der Waals surface area (Å²) in [5.41, 5.74) is -0.327. The van der Waals surface area contributed by atoms with Crippen LogP contribution in [0.15, 0.2) is 0 Å². The van der Waals surface area contributed by atoms with Crippen LogP contribution >= 0.6 is 0 Å². The Hall–Kier alpha value is -0.530. The lowest BCUT2D eigenvalue weighted by Gasteiger charge is -2.23. The van der Waals surface area contributed by atoms with Crippen LogP contribution in [0.4, 0.5) is 0 Å². The molecule has 0 atom stereocenters. The molecule has 0 spiro atoms. The van der Waals surface area contributed by atoms with E-state index in [-0.39, 0.29) is 11.4 Å². The van der Waals surface area contributed by atoms with Gasteiger partial charge in [0.2, 0.25) is 0 Å². The van der Waals surface area contributed by atoms with E-state index in [0.29, 0.717) is 12.5 Å². The maximum atomic E-state index is 12.1. The molecule has 156 valence electrons. The predicted molar refractivity (Wildman–Crippen MR) is 115 cm³/mol. The van der Waals surface area contributed by atoms with Crippen molar-refractivity contribution in [3.63, 3.8) is 0 Å². The zero-order valence-corrected chi connectivity index (χ0v) is 18.7. The van der Waals surface area contributed by atoms with Crippen LogP contribution in [-0.4, -0.2) is 12.6 Å². The highest BCUT2D eigenvalue weighted by Gasteiger charge is 2.28. The first-order valence-corrected chi connectivity index (χ1v) is 11.6. The highest BCUT2D eigenvalue weighted by atomic mass is 16.5. The molecule has 2 nitrogen and oxygen atoms in total. The van der Waals surface area contributed by atoms with Crippen LogP contribution in [0.5, 0.6) is 0 Å². The van der Waals surface area contributed by atoms with Crippen molar-refractivity contribution in [2.24, 2.45) is 11.3 Å². The summed E-state index contributed by atoms with van der Waals surface area (Å²) in [5, 5.41) is 0. The lowest BCUT2D eigenvalue weighted by molar-refractivity contribution is -0.155. The molecule has 0 N–H and O–H groups in total. The Bertz CT molecular complexity index is 320. The topological polar surface area (TPSA) is 26.3 Å². The molecule has 0 aliphatic heterocycles. The van der Waals surface area contributed by atoms with E-state index in [0.717, 1.165) is 12.8 Å². The Morgan fingerprint density at radius 2 is 1.12 bits per heavy atom. The molecule has 0 aliphatic carbocycles. The summed E-state index contributed by atoms with van der Waals surface area (Å²) in [7, 11) is 0. The summed E-state index contributed by atoms with van der Waals surface area (Å²) in [5.74, 6) is 0.386. The molecule has 0 saturated heterocycles. The molecule has 0 radical (unpaired) electrons. The van der Waals surface area contributed by atoms with Gasteiger partial charge in [-0.05, 0) is 26.2 Å².